The molecule has 7 heteroatoms. The van der Waals surface area contributed by atoms with Crippen LogP contribution in [0.3, 0.4) is 0 Å². The quantitative estimate of drug-likeness (QED) is 0.638. The molecule has 1 aromatic heterocycles. The van der Waals surface area contributed by atoms with Gasteiger partial charge in [0.05, 0.1) is 10.6 Å². The third-order valence-electron chi connectivity index (χ3n) is 3.50. The number of ether oxygens (including phenoxy) is 1. The van der Waals surface area contributed by atoms with Gasteiger partial charge in [-0.05, 0) is 31.4 Å². The average molecular weight is 308 g/mol. The molecule has 0 saturated carbocycles. The number of halogens is 1. The van der Waals surface area contributed by atoms with Crippen molar-refractivity contribution in [2.24, 2.45) is 0 Å². The van der Waals surface area contributed by atoms with Crippen molar-refractivity contribution in [1.82, 2.24) is 9.78 Å². The highest BCUT2D eigenvalue weighted by Gasteiger charge is 2.18. The topological polar surface area (TPSA) is 70.2 Å². The molecule has 1 saturated heterocycles. The van der Waals surface area contributed by atoms with Crippen molar-refractivity contribution in [2.75, 3.05) is 6.61 Å². The fourth-order valence-electron chi connectivity index (χ4n) is 2.40. The first-order valence-electron chi connectivity index (χ1n) is 6.76. The maximum Gasteiger partial charge on any atom is 0.288 e. The van der Waals surface area contributed by atoms with E-state index in [2.05, 4.69) is 5.10 Å². The molecule has 0 bridgehead atoms. The number of aromatic nitrogens is 2. The zero-order valence-electron chi connectivity index (χ0n) is 11.2. The van der Waals surface area contributed by atoms with E-state index in [-0.39, 0.29) is 16.9 Å². The average Bonchev–Trinajstić information content (AvgIpc) is 2.98. The molecule has 0 N–H and O–H groups in total. The van der Waals surface area contributed by atoms with Crippen LogP contribution in [0.25, 0.3) is 11.3 Å². The Kier molecular flexibility index (Phi) is 3.90. The second kappa shape index (κ2) is 5.83. The summed E-state index contributed by atoms with van der Waals surface area (Å²) in [5.74, 6) is 0. The molecule has 3 rings (SSSR count). The monoisotopic (exact) mass is 307 g/mol. The van der Waals surface area contributed by atoms with Gasteiger partial charge in [0.1, 0.15) is 11.3 Å². The van der Waals surface area contributed by atoms with Crippen molar-refractivity contribution in [3.63, 3.8) is 0 Å². The molecule has 0 aliphatic carbocycles. The predicted octanol–water partition coefficient (Wildman–Crippen LogP) is 3.81. The standard InChI is InChI=1S/C14H14ClN3O3/c15-11-5-4-10(9-13(11)18(19)20)12-6-7-17(16-12)14-3-1-2-8-21-14/h4-7,9,14H,1-3,8H2. The van der Waals surface area contributed by atoms with Gasteiger partial charge in [0.15, 0.2) is 0 Å². The minimum atomic E-state index is -0.493. The summed E-state index contributed by atoms with van der Waals surface area (Å²) < 4.78 is 7.44. The summed E-state index contributed by atoms with van der Waals surface area (Å²) in [5.41, 5.74) is 1.22. The van der Waals surface area contributed by atoms with E-state index in [0.717, 1.165) is 25.9 Å². The molecular formula is C14H14ClN3O3. The minimum Gasteiger partial charge on any atom is -0.357 e. The van der Waals surface area contributed by atoms with Gasteiger partial charge in [-0.1, -0.05) is 17.7 Å². The molecule has 2 heterocycles. The highest BCUT2D eigenvalue weighted by atomic mass is 35.5. The molecule has 1 fully saturated rings. The Balaban J connectivity index is 1.89. The SMILES string of the molecule is O=[N+]([O-])c1cc(-c2ccn(C3CCCCO3)n2)ccc1Cl. The van der Waals surface area contributed by atoms with Gasteiger partial charge in [-0.15, -0.1) is 0 Å². The van der Waals surface area contributed by atoms with Crippen molar-refractivity contribution < 1.29 is 9.66 Å². The minimum absolute atomic E-state index is 0.0465. The number of hydrogen-bond acceptors (Lipinski definition) is 4. The lowest BCUT2D eigenvalue weighted by Crippen LogP contribution is -2.18. The van der Waals surface area contributed by atoms with Gasteiger partial charge >= 0.3 is 0 Å². The molecule has 0 radical (unpaired) electrons. The van der Waals surface area contributed by atoms with Crippen LogP contribution < -0.4 is 0 Å². The number of nitro groups is 1. The third kappa shape index (κ3) is 2.91. The first kappa shape index (κ1) is 14.0. The van der Waals surface area contributed by atoms with E-state index in [4.69, 9.17) is 16.3 Å². The van der Waals surface area contributed by atoms with E-state index in [9.17, 15) is 10.1 Å². The van der Waals surface area contributed by atoms with Crippen LogP contribution >= 0.6 is 11.6 Å². The second-order valence-corrected chi connectivity index (χ2v) is 5.33. The zero-order chi connectivity index (χ0) is 14.8. The van der Waals surface area contributed by atoms with E-state index in [1.54, 1.807) is 10.7 Å². The van der Waals surface area contributed by atoms with Crippen molar-refractivity contribution >= 4 is 17.3 Å². The Morgan fingerprint density at radius 1 is 1.38 bits per heavy atom. The molecule has 0 amide bonds. The highest BCUT2D eigenvalue weighted by molar-refractivity contribution is 6.32. The normalized spacial score (nSPS) is 18.6. The number of nitro benzene ring substituents is 1. The largest absolute Gasteiger partial charge is 0.357 e. The molecule has 6 nitrogen and oxygen atoms in total. The van der Waals surface area contributed by atoms with Gasteiger partial charge in [-0.2, -0.15) is 5.10 Å². The van der Waals surface area contributed by atoms with E-state index in [0.29, 0.717) is 11.3 Å². The van der Waals surface area contributed by atoms with E-state index < -0.39 is 4.92 Å². The number of hydrogen-bond donors (Lipinski definition) is 0. The summed E-state index contributed by atoms with van der Waals surface area (Å²) in [5, 5.41) is 15.5. The van der Waals surface area contributed by atoms with Gasteiger partial charge in [-0.3, -0.25) is 10.1 Å². The molecule has 0 spiro atoms. The molecule has 2 aromatic rings. The molecule has 1 aromatic carbocycles. The molecule has 110 valence electrons. The first-order chi connectivity index (χ1) is 10.1. The van der Waals surface area contributed by atoms with Gasteiger partial charge in [0.25, 0.3) is 5.69 Å². The summed E-state index contributed by atoms with van der Waals surface area (Å²) in [7, 11) is 0. The van der Waals surface area contributed by atoms with Crippen molar-refractivity contribution in [2.45, 2.75) is 25.5 Å². The fraction of sp³-hybridized carbons (Fsp3) is 0.357. The van der Waals surface area contributed by atoms with Gasteiger partial charge < -0.3 is 4.74 Å². The Bertz CT molecular complexity index is 665. The van der Waals surface area contributed by atoms with E-state index in [1.165, 1.54) is 12.1 Å². The summed E-state index contributed by atoms with van der Waals surface area (Å²) in [6.07, 6.45) is 4.92. The summed E-state index contributed by atoms with van der Waals surface area (Å²) in [6, 6.07) is 6.51. The lowest BCUT2D eigenvalue weighted by Gasteiger charge is -2.22. The summed E-state index contributed by atoms with van der Waals surface area (Å²) in [6.45, 7) is 0.742. The van der Waals surface area contributed by atoms with Gasteiger partial charge in [0, 0.05) is 24.4 Å². The van der Waals surface area contributed by atoms with Crippen LogP contribution in [0.2, 0.25) is 5.02 Å². The Labute approximate surface area is 126 Å². The lowest BCUT2D eigenvalue weighted by atomic mass is 10.1. The molecule has 1 aliphatic heterocycles. The molecule has 1 aliphatic rings. The number of rotatable bonds is 3. The van der Waals surface area contributed by atoms with E-state index in [1.807, 2.05) is 12.3 Å². The van der Waals surface area contributed by atoms with E-state index >= 15 is 0 Å². The first-order valence-corrected chi connectivity index (χ1v) is 7.14. The Morgan fingerprint density at radius 2 is 2.24 bits per heavy atom. The Morgan fingerprint density at radius 3 is 2.95 bits per heavy atom. The molecule has 1 atom stereocenters. The van der Waals surface area contributed by atoms with Crippen molar-refractivity contribution in [1.29, 1.82) is 0 Å². The van der Waals surface area contributed by atoms with Crippen molar-refractivity contribution in [3.05, 3.63) is 45.6 Å². The molecule has 21 heavy (non-hydrogen) atoms. The highest BCUT2D eigenvalue weighted by Crippen LogP contribution is 2.30. The van der Waals surface area contributed by atoms with Crippen molar-refractivity contribution in [3.8, 4) is 11.3 Å². The van der Waals surface area contributed by atoms with Crippen LogP contribution in [0.15, 0.2) is 30.5 Å². The summed E-state index contributed by atoms with van der Waals surface area (Å²) in [4.78, 5) is 10.4. The van der Waals surface area contributed by atoms with Crippen LogP contribution in [-0.4, -0.2) is 21.3 Å². The van der Waals surface area contributed by atoms with Crippen LogP contribution in [-0.2, 0) is 4.74 Å². The van der Waals surface area contributed by atoms with Crippen LogP contribution in [0.4, 0.5) is 5.69 Å². The maximum atomic E-state index is 10.9. The number of nitrogens with zero attached hydrogens (tertiary/aromatic N) is 3. The third-order valence-corrected chi connectivity index (χ3v) is 3.82. The second-order valence-electron chi connectivity index (χ2n) is 4.93. The van der Waals surface area contributed by atoms with Gasteiger partial charge in [0.2, 0.25) is 0 Å². The predicted molar refractivity (Wildman–Crippen MR) is 78.2 cm³/mol. The van der Waals surface area contributed by atoms with Gasteiger partial charge in [-0.25, -0.2) is 4.68 Å². The van der Waals surface area contributed by atoms with Crippen LogP contribution in [0.1, 0.15) is 25.5 Å². The fourth-order valence-corrected chi connectivity index (χ4v) is 2.58. The van der Waals surface area contributed by atoms with Crippen LogP contribution in [0.5, 0.6) is 0 Å². The number of benzene rings is 1. The lowest BCUT2D eigenvalue weighted by molar-refractivity contribution is -0.384. The summed E-state index contributed by atoms with van der Waals surface area (Å²) >= 11 is 5.82. The maximum absolute atomic E-state index is 10.9. The smallest absolute Gasteiger partial charge is 0.288 e. The molecular weight excluding hydrogens is 294 g/mol. The zero-order valence-corrected chi connectivity index (χ0v) is 12.0. The molecule has 1 unspecified atom stereocenters. The Hall–Kier alpha value is -1.92. The van der Waals surface area contributed by atoms with Crippen LogP contribution in [0, 0.1) is 10.1 Å².